The Labute approximate surface area is 131 Å². The fraction of sp³-hybridized carbons (Fsp3) is 0.647. The van der Waals surface area contributed by atoms with Crippen molar-refractivity contribution in [2.75, 3.05) is 13.7 Å². The van der Waals surface area contributed by atoms with Crippen LogP contribution in [0.25, 0.3) is 0 Å². The van der Waals surface area contributed by atoms with Crippen molar-refractivity contribution in [3.8, 4) is 5.75 Å². The maximum absolute atomic E-state index is 5.60. The maximum atomic E-state index is 5.60. The van der Waals surface area contributed by atoms with Gasteiger partial charge in [0.05, 0.1) is 7.11 Å². The van der Waals surface area contributed by atoms with Gasteiger partial charge in [0.25, 0.3) is 0 Å². The Morgan fingerprint density at radius 1 is 1.30 bits per heavy atom. The van der Waals surface area contributed by atoms with Crippen LogP contribution in [0.3, 0.4) is 0 Å². The normalized spacial score (nSPS) is 19.6. The Morgan fingerprint density at radius 3 is 2.60 bits per heavy atom. The van der Waals surface area contributed by atoms with Gasteiger partial charge in [0.1, 0.15) is 5.75 Å². The zero-order chi connectivity index (χ0) is 14.6. The van der Waals surface area contributed by atoms with Crippen LogP contribution in [0.15, 0.2) is 22.7 Å². The molecule has 0 radical (unpaired) electrons. The number of nitrogens with one attached hydrogen (secondary N) is 1. The Balaban J connectivity index is 2.39. The molecule has 20 heavy (non-hydrogen) atoms. The molecule has 1 fully saturated rings. The molecule has 2 rings (SSSR count). The topological polar surface area (TPSA) is 21.3 Å². The number of hydrogen-bond donors (Lipinski definition) is 1. The van der Waals surface area contributed by atoms with Crippen LogP contribution in [0.4, 0.5) is 0 Å². The zero-order valence-corrected chi connectivity index (χ0v) is 14.4. The molecule has 1 atom stereocenters. The number of halogens is 1. The fourth-order valence-corrected chi connectivity index (χ4v) is 3.89. The summed E-state index contributed by atoms with van der Waals surface area (Å²) in [5, 5.41) is 3.71. The average Bonchev–Trinajstić information content (AvgIpc) is 2.45. The lowest BCUT2D eigenvalue weighted by molar-refractivity contribution is 0.144. The second-order valence-electron chi connectivity index (χ2n) is 6.09. The van der Waals surface area contributed by atoms with Crippen LogP contribution in [0.2, 0.25) is 0 Å². The van der Waals surface area contributed by atoms with E-state index in [0.717, 1.165) is 16.8 Å². The Morgan fingerprint density at radius 2 is 2.00 bits per heavy atom. The second kappa shape index (κ2) is 6.95. The minimum atomic E-state index is 0.322. The minimum absolute atomic E-state index is 0.322. The van der Waals surface area contributed by atoms with E-state index in [1.807, 2.05) is 0 Å². The molecule has 0 heterocycles. The third kappa shape index (κ3) is 3.37. The van der Waals surface area contributed by atoms with Crippen LogP contribution in [0.1, 0.15) is 57.6 Å². The third-order valence-corrected chi connectivity index (χ3v) is 5.10. The van der Waals surface area contributed by atoms with E-state index in [0.29, 0.717) is 11.5 Å². The third-order valence-electron chi connectivity index (χ3n) is 4.60. The van der Waals surface area contributed by atoms with Gasteiger partial charge in [-0.2, -0.15) is 0 Å². The average molecular weight is 340 g/mol. The summed E-state index contributed by atoms with van der Waals surface area (Å²) in [5.41, 5.74) is 1.61. The number of benzene rings is 1. The van der Waals surface area contributed by atoms with Gasteiger partial charge in [0.15, 0.2) is 0 Å². The van der Waals surface area contributed by atoms with Crippen molar-refractivity contribution in [3.05, 3.63) is 28.2 Å². The molecule has 1 aliphatic carbocycles. The summed E-state index contributed by atoms with van der Waals surface area (Å²) in [4.78, 5) is 0. The summed E-state index contributed by atoms with van der Waals surface area (Å²) in [7, 11) is 1.76. The van der Waals surface area contributed by atoms with Gasteiger partial charge in [-0.3, -0.25) is 0 Å². The predicted molar refractivity (Wildman–Crippen MR) is 88.3 cm³/mol. The monoisotopic (exact) mass is 339 g/mol. The van der Waals surface area contributed by atoms with Gasteiger partial charge in [-0.05, 0) is 43.0 Å². The molecule has 3 heteroatoms. The van der Waals surface area contributed by atoms with Crippen molar-refractivity contribution < 1.29 is 4.74 Å². The van der Waals surface area contributed by atoms with Gasteiger partial charge in [-0.25, -0.2) is 0 Å². The van der Waals surface area contributed by atoms with Gasteiger partial charge in [-0.1, -0.05) is 49.0 Å². The van der Waals surface area contributed by atoms with Crippen molar-refractivity contribution in [3.63, 3.8) is 0 Å². The van der Waals surface area contributed by atoms with Crippen molar-refractivity contribution in [2.24, 2.45) is 5.41 Å². The predicted octanol–water partition coefficient (Wildman–Crippen LogP) is 5.08. The summed E-state index contributed by atoms with van der Waals surface area (Å²) in [6.07, 6.45) is 6.65. The lowest BCUT2D eigenvalue weighted by Gasteiger charge is -2.42. The lowest BCUT2D eigenvalue weighted by atomic mass is 9.68. The van der Waals surface area contributed by atoms with Crippen molar-refractivity contribution in [2.45, 2.75) is 52.0 Å². The highest BCUT2D eigenvalue weighted by Crippen LogP contribution is 2.47. The van der Waals surface area contributed by atoms with Crippen molar-refractivity contribution >= 4 is 15.9 Å². The van der Waals surface area contributed by atoms with Gasteiger partial charge >= 0.3 is 0 Å². The Bertz CT molecular complexity index is 441. The summed E-state index contributed by atoms with van der Waals surface area (Å²) in [5.74, 6) is 0.992. The van der Waals surface area contributed by atoms with Gasteiger partial charge in [-0.15, -0.1) is 0 Å². The highest BCUT2D eigenvalue weighted by molar-refractivity contribution is 9.10. The number of rotatable bonds is 5. The molecule has 1 aliphatic rings. The molecule has 2 nitrogen and oxygen atoms in total. The first kappa shape index (κ1) is 15.8. The fourth-order valence-electron chi connectivity index (χ4n) is 3.51. The standard InChI is InChI=1S/C17H26BrNO/c1-4-19-16(17(2)10-6-5-7-11-17)14-12-13(18)8-9-15(14)20-3/h8-9,12,16,19H,4-7,10-11H2,1-3H3. The van der Waals surface area contributed by atoms with E-state index in [4.69, 9.17) is 4.74 Å². The van der Waals surface area contributed by atoms with E-state index in [1.54, 1.807) is 7.11 Å². The SMILES string of the molecule is CCNC(c1cc(Br)ccc1OC)C1(C)CCCCC1. The van der Waals surface area contributed by atoms with Crippen molar-refractivity contribution in [1.29, 1.82) is 0 Å². The summed E-state index contributed by atoms with van der Waals surface area (Å²) >= 11 is 3.60. The molecule has 0 saturated heterocycles. The molecule has 1 aromatic rings. The molecular formula is C17H26BrNO. The largest absolute Gasteiger partial charge is 0.496 e. The zero-order valence-electron chi connectivity index (χ0n) is 12.8. The smallest absolute Gasteiger partial charge is 0.123 e. The highest BCUT2D eigenvalue weighted by Gasteiger charge is 2.37. The molecule has 0 spiro atoms. The molecule has 1 aromatic carbocycles. The summed E-state index contributed by atoms with van der Waals surface area (Å²) in [6, 6.07) is 6.69. The van der Waals surface area contributed by atoms with Gasteiger partial charge < -0.3 is 10.1 Å². The highest BCUT2D eigenvalue weighted by atomic mass is 79.9. The molecule has 1 unspecified atom stereocenters. The first-order valence-corrected chi connectivity index (χ1v) is 8.47. The number of hydrogen-bond acceptors (Lipinski definition) is 2. The van der Waals surface area contributed by atoms with Crippen LogP contribution < -0.4 is 10.1 Å². The molecule has 0 aromatic heterocycles. The molecule has 1 saturated carbocycles. The lowest BCUT2D eigenvalue weighted by Crippen LogP contribution is -2.38. The molecule has 0 aliphatic heterocycles. The van der Waals surface area contributed by atoms with E-state index >= 15 is 0 Å². The number of methoxy groups -OCH3 is 1. The van der Waals surface area contributed by atoms with E-state index in [-0.39, 0.29) is 0 Å². The van der Waals surface area contributed by atoms with Crippen LogP contribution in [0, 0.1) is 5.41 Å². The summed E-state index contributed by atoms with van der Waals surface area (Å²) in [6.45, 7) is 5.60. The van der Waals surface area contributed by atoms with Crippen molar-refractivity contribution in [1.82, 2.24) is 5.32 Å². The van der Waals surface area contributed by atoms with E-state index in [2.05, 4.69) is 53.3 Å². The van der Waals surface area contributed by atoms with Gasteiger partial charge in [0, 0.05) is 16.1 Å². The van der Waals surface area contributed by atoms with E-state index < -0.39 is 0 Å². The Hall–Kier alpha value is -0.540. The summed E-state index contributed by atoms with van der Waals surface area (Å²) < 4.78 is 6.72. The first-order valence-electron chi connectivity index (χ1n) is 7.67. The van der Waals surface area contributed by atoms with Crippen LogP contribution in [-0.4, -0.2) is 13.7 Å². The molecule has 0 amide bonds. The maximum Gasteiger partial charge on any atom is 0.123 e. The Kier molecular flexibility index (Phi) is 5.50. The van der Waals surface area contributed by atoms with E-state index in [1.165, 1.54) is 37.7 Å². The minimum Gasteiger partial charge on any atom is -0.496 e. The molecular weight excluding hydrogens is 314 g/mol. The van der Waals surface area contributed by atoms with Crippen LogP contribution in [0.5, 0.6) is 5.75 Å². The van der Waals surface area contributed by atoms with Crippen LogP contribution >= 0.6 is 15.9 Å². The molecule has 112 valence electrons. The van der Waals surface area contributed by atoms with E-state index in [9.17, 15) is 0 Å². The van der Waals surface area contributed by atoms with Crippen LogP contribution in [-0.2, 0) is 0 Å². The number of ether oxygens (including phenoxy) is 1. The molecule has 0 bridgehead atoms. The first-order chi connectivity index (χ1) is 9.60. The van der Waals surface area contributed by atoms with Gasteiger partial charge in [0.2, 0.25) is 0 Å². The second-order valence-corrected chi connectivity index (χ2v) is 7.01. The quantitative estimate of drug-likeness (QED) is 0.807. The molecule has 1 N–H and O–H groups in total.